The molecule has 0 aliphatic carbocycles. The quantitative estimate of drug-likeness (QED) is 0.743. The van der Waals surface area contributed by atoms with Gasteiger partial charge in [0.2, 0.25) is 0 Å². The molecular formula is C11H18N2O. The lowest BCUT2D eigenvalue weighted by Crippen LogP contribution is -2.13. The smallest absolute Gasteiger partial charge is 0.0699 e. The normalized spacial score (nSPS) is 23.2. The fourth-order valence-corrected chi connectivity index (χ4v) is 2.20. The number of aliphatic hydroxyl groups is 1. The number of aryl methyl sites for hydroxylation is 1. The molecule has 1 aliphatic heterocycles. The summed E-state index contributed by atoms with van der Waals surface area (Å²) in [5, 5.41) is 9.10. The number of likely N-dealkylation sites (tertiary alicyclic amines) is 1. The molecule has 0 spiro atoms. The molecule has 14 heavy (non-hydrogen) atoms. The van der Waals surface area contributed by atoms with Crippen LogP contribution in [-0.4, -0.2) is 35.1 Å². The Morgan fingerprint density at radius 2 is 2.43 bits per heavy atom. The molecule has 1 aromatic rings. The fourth-order valence-electron chi connectivity index (χ4n) is 2.20. The van der Waals surface area contributed by atoms with Gasteiger partial charge in [0, 0.05) is 23.9 Å². The standard InChI is InChI=1S/C11H18N2O/c1-8-10(7-14)5-11(12-8)9-3-4-13(2)6-9/h5,9,12,14H,3-4,6-7H2,1-2H3. The summed E-state index contributed by atoms with van der Waals surface area (Å²) in [6.45, 7) is 4.47. The van der Waals surface area contributed by atoms with Gasteiger partial charge in [-0.25, -0.2) is 0 Å². The average Bonchev–Trinajstić information content (AvgIpc) is 2.71. The summed E-state index contributed by atoms with van der Waals surface area (Å²) < 4.78 is 0. The monoisotopic (exact) mass is 194 g/mol. The summed E-state index contributed by atoms with van der Waals surface area (Å²) >= 11 is 0. The lowest BCUT2D eigenvalue weighted by Gasteiger charge is -2.08. The molecular weight excluding hydrogens is 176 g/mol. The Morgan fingerprint density at radius 3 is 2.93 bits per heavy atom. The Kier molecular flexibility index (Phi) is 2.61. The van der Waals surface area contributed by atoms with E-state index in [0.29, 0.717) is 5.92 Å². The van der Waals surface area contributed by atoms with Crippen LogP contribution in [0.2, 0.25) is 0 Å². The van der Waals surface area contributed by atoms with Crippen LogP contribution in [0.5, 0.6) is 0 Å². The number of nitrogens with zero attached hydrogens (tertiary/aromatic N) is 1. The molecule has 78 valence electrons. The number of aromatic amines is 1. The number of nitrogens with one attached hydrogen (secondary N) is 1. The van der Waals surface area contributed by atoms with Gasteiger partial charge in [-0.2, -0.15) is 0 Å². The largest absolute Gasteiger partial charge is 0.392 e. The van der Waals surface area contributed by atoms with Crippen molar-refractivity contribution in [2.45, 2.75) is 25.9 Å². The van der Waals surface area contributed by atoms with Gasteiger partial charge in [0.05, 0.1) is 6.61 Å². The minimum absolute atomic E-state index is 0.144. The SMILES string of the molecule is Cc1[nH]c(C2CCN(C)C2)cc1CO. The topological polar surface area (TPSA) is 39.3 Å². The van der Waals surface area contributed by atoms with Crippen molar-refractivity contribution in [1.82, 2.24) is 9.88 Å². The van der Waals surface area contributed by atoms with E-state index in [-0.39, 0.29) is 6.61 Å². The van der Waals surface area contributed by atoms with Crippen molar-refractivity contribution in [3.05, 3.63) is 23.0 Å². The number of hydrogen-bond donors (Lipinski definition) is 2. The van der Waals surface area contributed by atoms with Crippen molar-refractivity contribution in [2.24, 2.45) is 0 Å². The first-order valence-electron chi connectivity index (χ1n) is 5.18. The highest BCUT2D eigenvalue weighted by molar-refractivity contribution is 5.27. The second-order valence-electron chi connectivity index (χ2n) is 4.28. The Labute approximate surface area is 84.7 Å². The van der Waals surface area contributed by atoms with Gasteiger partial charge in [0.1, 0.15) is 0 Å². The Morgan fingerprint density at radius 1 is 1.64 bits per heavy atom. The predicted molar refractivity (Wildman–Crippen MR) is 56.3 cm³/mol. The van der Waals surface area contributed by atoms with E-state index in [0.717, 1.165) is 17.8 Å². The molecule has 0 bridgehead atoms. The molecule has 3 nitrogen and oxygen atoms in total. The van der Waals surface area contributed by atoms with Crippen molar-refractivity contribution in [2.75, 3.05) is 20.1 Å². The van der Waals surface area contributed by atoms with Gasteiger partial charge in [0.15, 0.2) is 0 Å². The van der Waals surface area contributed by atoms with Crippen LogP contribution in [0.25, 0.3) is 0 Å². The highest BCUT2D eigenvalue weighted by atomic mass is 16.3. The second kappa shape index (κ2) is 3.75. The lowest BCUT2D eigenvalue weighted by molar-refractivity contribution is 0.281. The zero-order chi connectivity index (χ0) is 10.1. The van der Waals surface area contributed by atoms with Crippen LogP contribution in [0.1, 0.15) is 29.3 Å². The first-order valence-corrected chi connectivity index (χ1v) is 5.18. The van der Waals surface area contributed by atoms with Crippen LogP contribution < -0.4 is 0 Å². The molecule has 0 aromatic carbocycles. The van der Waals surface area contributed by atoms with E-state index in [4.69, 9.17) is 5.11 Å². The maximum absolute atomic E-state index is 9.10. The van der Waals surface area contributed by atoms with E-state index >= 15 is 0 Å². The third-order valence-corrected chi connectivity index (χ3v) is 3.14. The Hall–Kier alpha value is -0.800. The summed E-state index contributed by atoms with van der Waals surface area (Å²) in [4.78, 5) is 5.72. The summed E-state index contributed by atoms with van der Waals surface area (Å²) in [5.74, 6) is 0.624. The summed E-state index contributed by atoms with van der Waals surface area (Å²) in [6.07, 6.45) is 1.22. The molecule has 1 aliphatic rings. The lowest BCUT2D eigenvalue weighted by atomic mass is 10.1. The molecule has 2 heterocycles. The van der Waals surface area contributed by atoms with Crippen LogP contribution in [0.15, 0.2) is 6.07 Å². The molecule has 2 N–H and O–H groups in total. The molecule has 0 amide bonds. The number of hydrogen-bond acceptors (Lipinski definition) is 2. The third-order valence-electron chi connectivity index (χ3n) is 3.14. The van der Waals surface area contributed by atoms with Crippen LogP contribution in [-0.2, 0) is 6.61 Å². The van der Waals surface area contributed by atoms with Crippen molar-refractivity contribution in [1.29, 1.82) is 0 Å². The minimum atomic E-state index is 0.144. The first-order chi connectivity index (χ1) is 6.70. The van der Waals surface area contributed by atoms with Crippen molar-refractivity contribution in [3.63, 3.8) is 0 Å². The zero-order valence-corrected chi connectivity index (χ0v) is 8.88. The molecule has 0 radical (unpaired) electrons. The van der Waals surface area contributed by atoms with Gasteiger partial charge in [-0.15, -0.1) is 0 Å². The summed E-state index contributed by atoms with van der Waals surface area (Å²) in [5.41, 5.74) is 3.43. The van der Waals surface area contributed by atoms with E-state index in [1.165, 1.54) is 18.7 Å². The molecule has 1 unspecified atom stereocenters. The van der Waals surface area contributed by atoms with Crippen molar-refractivity contribution < 1.29 is 5.11 Å². The van der Waals surface area contributed by atoms with Gasteiger partial charge in [-0.1, -0.05) is 0 Å². The van der Waals surface area contributed by atoms with E-state index in [1.807, 2.05) is 6.92 Å². The average molecular weight is 194 g/mol. The molecule has 2 rings (SSSR count). The van der Waals surface area contributed by atoms with E-state index < -0.39 is 0 Å². The highest BCUT2D eigenvalue weighted by Gasteiger charge is 2.22. The molecule has 1 atom stereocenters. The number of H-pyrrole nitrogens is 1. The highest BCUT2D eigenvalue weighted by Crippen LogP contribution is 2.26. The number of rotatable bonds is 2. The molecule has 1 saturated heterocycles. The maximum Gasteiger partial charge on any atom is 0.0699 e. The summed E-state index contributed by atoms with van der Waals surface area (Å²) in [7, 11) is 2.16. The predicted octanol–water partition coefficient (Wildman–Crippen LogP) is 1.23. The van der Waals surface area contributed by atoms with Crippen LogP contribution in [0, 0.1) is 6.92 Å². The molecule has 1 fully saturated rings. The number of aliphatic hydroxyl groups excluding tert-OH is 1. The van der Waals surface area contributed by atoms with Crippen LogP contribution >= 0.6 is 0 Å². The fraction of sp³-hybridized carbons (Fsp3) is 0.636. The Bertz CT molecular complexity index is 319. The zero-order valence-electron chi connectivity index (χ0n) is 8.88. The van der Waals surface area contributed by atoms with E-state index in [9.17, 15) is 0 Å². The van der Waals surface area contributed by atoms with Gasteiger partial charge in [-0.05, 0) is 38.6 Å². The van der Waals surface area contributed by atoms with Gasteiger partial charge in [0.25, 0.3) is 0 Å². The van der Waals surface area contributed by atoms with E-state index in [2.05, 4.69) is 23.0 Å². The first kappa shape index (κ1) is 9.74. The Balaban J connectivity index is 2.16. The third kappa shape index (κ3) is 1.70. The summed E-state index contributed by atoms with van der Waals surface area (Å²) in [6, 6.07) is 2.11. The van der Waals surface area contributed by atoms with Crippen LogP contribution in [0.4, 0.5) is 0 Å². The molecule has 0 saturated carbocycles. The van der Waals surface area contributed by atoms with Crippen LogP contribution in [0.3, 0.4) is 0 Å². The number of aromatic nitrogens is 1. The second-order valence-corrected chi connectivity index (χ2v) is 4.28. The molecule has 1 aromatic heterocycles. The van der Waals surface area contributed by atoms with Crippen molar-refractivity contribution in [3.8, 4) is 0 Å². The molecule has 3 heteroatoms. The maximum atomic E-state index is 9.10. The van der Waals surface area contributed by atoms with Gasteiger partial charge >= 0.3 is 0 Å². The number of likely N-dealkylation sites (N-methyl/N-ethyl adjacent to an activating group) is 1. The van der Waals surface area contributed by atoms with Gasteiger partial charge < -0.3 is 15.0 Å². The van der Waals surface area contributed by atoms with Crippen molar-refractivity contribution >= 4 is 0 Å². The van der Waals surface area contributed by atoms with Gasteiger partial charge in [-0.3, -0.25) is 0 Å². The van der Waals surface area contributed by atoms with E-state index in [1.54, 1.807) is 0 Å². The minimum Gasteiger partial charge on any atom is -0.392 e.